The molecule has 1 heterocycles. The van der Waals surface area contributed by atoms with Crippen LogP contribution >= 0.6 is 0 Å². The summed E-state index contributed by atoms with van der Waals surface area (Å²) in [7, 11) is 1.87. The van der Waals surface area contributed by atoms with Gasteiger partial charge in [-0.05, 0) is 20.3 Å². The first-order valence-corrected chi connectivity index (χ1v) is 6.20. The van der Waals surface area contributed by atoms with E-state index in [-0.39, 0.29) is 12.6 Å². The van der Waals surface area contributed by atoms with Crippen LogP contribution in [0.4, 0.5) is 0 Å². The van der Waals surface area contributed by atoms with Crippen LogP contribution in [0.1, 0.15) is 24.6 Å². The average molecular weight is 253 g/mol. The highest BCUT2D eigenvalue weighted by atomic mass is 16.5. The number of hydrogen-bond donors (Lipinski definition) is 2. The van der Waals surface area contributed by atoms with Gasteiger partial charge >= 0.3 is 0 Å². The summed E-state index contributed by atoms with van der Waals surface area (Å²) in [5, 5.41) is 16.6. The number of rotatable bonds is 8. The molecule has 0 aromatic carbocycles. The van der Waals surface area contributed by atoms with Gasteiger partial charge in [0.2, 0.25) is 5.88 Å². The van der Waals surface area contributed by atoms with Crippen molar-refractivity contribution in [3.8, 4) is 5.88 Å². The zero-order valence-electron chi connectivity index (χ0n) is 11.4. The van der Waals surface area contributed by atoms with Crippen LogP contribution in [0.2, 0.25) is 0 Å². The fraction of sp³-hybridized carbons (Fsp3) is 0.615. The molecule has 0 amide bonds. The lowest BCUT2D eigenvalue weighted by molar-refractivity contribution is 0.268. The van der Waals surface area contributed by atoms with Crippen molar-refractivity contribution in [3.05, 3.63) is 23.9 Å². The molecule has 0 aliphatic carbocycles. The number of aliphatic hydroxyl groups is 1. The summed E-state index contributed by atoms with van der Waals surface area (Å²) in [6.45, 7) is 9.01. The molecule has 0 saturated heterocycles. The minimum absolute atomic E-state index is 0.194. The zero-order chi connectivity index (χ0) is 13.5. The highest BCUT2D eigenvalue weighted by Crippen LogP contribution is 2.21. The first-order valence-electron chi connectivity index (χ1n) is 6.20. The van der Waals surface area contributed by atoms with Gasteiger partial charge in [-0.2, -0.15) is 5.10 Å². The second-order valence-corrected chi connectivity index (χ2v) is 4.39. The summed E-state index contributed by atoms with van der Waals surface area (Å²) in [6, 6.07) is 0.266. The Morgan fingerprint density at radius 3 is 2.94 bits per heavy atom. The van der Waals surface area contributed by atoms with Gasteiger partial charge in [-0.3, -0.25) is 0 Å². The lowest BCUT2D eigenvalue weighted by Crippen LogP contribution is -2.26. The van der Waals surface area contributed by atoms with Crippen molar-refractivity contribution in [2.24, 2.45) is 7.05 Å². The minimum atomic E-state index is 0.194. The molecule has 1 unspecified atom stereocenters. The number of nitrogens with zero attached hydrogens (tertiary/aromatic N) is 2. The fourth-order valence-corrected chi connectivity index (χ4v) is 1.77. The fourth-order valence-electron chi connectivity index (χ4n) is 1.77. The van der Waals surface area contributed by atoms with Gasteiger partial charge in [0.25, 0.3) is 0 Å². The van der Waals surface area contributed by atoms with Crippen molar-refractivity contribution >= 4 is 0 Å². The Morgan fingerprint density at radius 2 is 2.33 bits per heavy atom. The third-order valence-electron chi connectivity index (χ3n) is 2.82. The van der Waals surface area contributed by atoms with Gasteiger partial charge in [-0.15, -0.1) is 0 Å². The Bertz CT molecular complexity index is 388. The van der Waals surface area contributed by atoms with Gasteiger partial charge in [0.1, 0.15) is 6.61 Å². The molecule has 0 aliphatic heterocycles. The van der Waals surface area contributed by atoms with Crippen molar-refractivity contribution < 1.29 is 9.84 Å². The standard InChI is InChI=1S/C13H23N3O2/c1-5-8-18-13-12(11(3)15-16(13)4)9-14-10(2)6-7-17/h5,10,14,17H,1,6-9H2,2-4H3. The molecule has 1 atom stereocenters. The number of aliphatic hydroxyl groups excluding tert-OH is 1. The van der Waals surface area contributed by atoms with Crippen LogP contribution in [-0.4, -0.2) is 34.1 Å². The molecule has 0 radical (unpaired) electrons. The molecule has 0 aliphatic rings. The van der Waals surface area contributed by atoms with E-state index >= 15 is 0 Å². The first-order chi connectivity index (χ1) is 8.60. The summed E-state index contributed by atoms with van der Waals surface area (Å²) in [6.07, 6.45) is 2.45. The summed E-state index contributed by atoms with van der Waals surface area (Å²) in [4.78, 5) is 0. The largest absolute Gasteiger partial charge is 0.473 e. The lowest BCUT2D eigenvalue weighted by Gasteiger charge is -2.13. The van der Waals surface area contributed by atoms with E-state index in [2.05, 4.69) is 17.0 Å². The van der Waals surface area contributed by atoms with Crippen molar-refractivity contribution in [2.45, 2.75) is 32.9 Å². The van der Waals surface area contributed by atoms with Crippen LogP contribution in [0.15, 0.2) is 12.7 Å². The summed E-state index contributed by atoms with van der Waals surface area (Å²) >= 11 is 0. The molecule has 1 rings (SSSR count). The van der Waals surface area contributed by atoms with E-state index in [0.717, 1.165) is 23.6 Å². The second kappa shape index (κ2) is 7.18. The molecule has 18 heavy (non-hydrogen) atoms. The summed E-state index contributed by atoms with van der Waals surface area (Å²) in [5.74, 6) is 0.774. The quantitative estimate of drug-likeness (QED) is 0.682. The normalized spacial score (nSPS) is 12.4. The van der Waals surface area contributed by atoms with Gasteiger partial charge in [-0.1, -0.05) is 12.7 Å². The van der Waals surface area contributed by atoms with Crippen LogP contribution < -0.4 is 10.1 Å². The predicted octanol–water partition coefficient (Wildman–Crippen LogP) is 1.15. The van der Waals surface area contributed by atoms with E-state index in [1.54, 1.807) is 10.8 Å². The monoisotopic (exact) mass is 253 g/mol. The van der Waals surface area contributed by atoms with Crippen LogP contribution in [0, 0.1) is 6.92 Å². The highest BCUT2D eigenvalue weighted by Gasteiger charge is 2.14. The Labute approximate surface area is 108 Å². The van der Waals surface area contributed by atoms with E-state index in [4.69, 9.17) is 9.84 Å². The lowest BCUT2D eigenvalue weighted by atomic mass is 10.2. The molecule has 0 fully saturated rings. The molecule has 0 spiro atoms. The van der Waals surface area contributed by atoms with E-state index in [0.29, 0.717) is 13.2 Å². The van der Waals surface area contributed by atoms with Gasteiger partial charge < -0.3 is 15.2 Å². The smallest absolute Gasteiger partial charge is 0.216 e. The molecule has 2 N–H and O–H groups in total. The van der Waals surface area contributed by atoms with Crippen LogP contribution in [0.3, 0.4) is 0 Å². The number of nitrogens with one attached hydrogen (secondary N) is 1. The molecule has 0 bridgehead atoms. The molecule has 1 aromatic rings. The van der Waals surface area contributed by atoms with Crippen molar-refractivity contribution in [1.82, 2.24) is 15.1 Å². The molecular formula is C13H23N3O2. The molecule has 1 aromatic heterocycles. The second-order valence-electron chi connectivity index (χ2n) is 4.39. The summed E-state index contributed by atoms with van der Waals surface area (Å²) < 4.78 is 7.37. The molecule has 0 saturated carbocycles. The van der Waals surface area contributed by atoms with Crippen LogP contribution in [0.5, 0.6) is 5.88 Å². The average Bonchev–Trinajstić information content (AvgIpc) is 2.59. The zero-order valence-corrected chi connectivity index (χ0v) is 11.4. The maximum atomic E-state index is 8.87. The molecule has 5 heteroatoms. The van der Waals surface area contributed by atoms with Gasteiger partial charge in [-0.25, -0.2) is 4.68 Å². The highest BCUT2D eigenvalue weighted by molar-refractivity contribution is 5.31. The summed E-state index contributed by atoms with van der Waals surface area (Å²) in [5.41, 5.74) is 2.02. The maximum Gasteiger partial charge on any atom is 0.216 e. The van der Waals surface area contributed by atoms with Gasteiger partial charge in [0.05, 0.1) is 11.3 Å². The number of aryl methyl sites for hydroxylation is 2. The van der Waals surface area contributed by atoms with Crippen molar-refractivity contribution in [1.29, 1.82) is 0 Å². The topological polar surface area (TPSA) is 59.3 Å². The Balaban J connectivity index is 2.70. The van der Waals surface area contributed by atoms with Gasteiger partial charge in [0, 0.05) is 26.2 Å². The SMILES string of the molecule is C=CCOc1c(CNC(C)CCO)c(C)nn1C. The first kappa shape index (κ1) is 14.7. The molecule has 5 nitrogen and oxygen atoms in total. The van der Waals surface area contributed by atoms with Crippen LogP contribution in [-0.2, 0) is 13.6 Å². The van der Waals surface area contributed by atoms with E-state index in [9.17, 15) is 0 Å². The Kier molecular flexibility index (Phi) is 5.88. The molecular weight excluding hydrogens is 230 g/mol. The number of hydrogen-bond acceptors (Lipinski definition) is 4. The van der Waals surface area contributed by atoms with E-state index in [1.807, 2.05) is 20.9 Å². The Morgan fingerprint density at radius 1 is 1.61 bits per heavy atom. The van der Waals surface area contributed by atoms with E-state index in [1.165, 1.54) is 0 Å². The predicted molar refractivity (Wildman–Crippen MR) is 71.6 cm³/mol. The third kappa shape index (κ3) is 3.85. The van der Waals surface area contributed by atoms with E-state index < -0.39 is 0 Å². The van der Waals surface area contributed by atoms with Crippen LogP contribution in [0.25, 0.3) is 0 Å². The third-order valence-corrected chi connectivity index (χ3v) is 2.82. The number of aromatic nitrogens is 2. The molecule has 102 valence electrons. The Hall–Kier alpha value is -1.33. The van der Waals surface area contributed by atoms with Crippen molar-refractivity contribution in [3.63, 3.8) is 0 Å². The van der Waals surface area contributed by atoms with Gasteiger partial charge in [0.15, 0.2) is 0 Å². The number of ether oxygens (including phenoxy) is 1. The van der Waals surface area contributed by atoms with Crippen molar-refractivity contribution in [2.75, 3.05) is 13.2 Å². The minimum Gasteiger partial charge on any atom is -0.473 e. The maximum absolute atomic E-state index is 8.87.